The number of carbonyl (C=O) groups is 1. The molecular formula is C16H25N3O2. The smallest absolute Gasteiger partial charge is 0.236 e. The number of ether oxygens (including phenoxy) is 1. The first-order valence-corrected chi connectivity index (χ1v) is 7.49. The molecule has 0 saturated carbocycles. The molecule has 1 aromatic rings. The normalized spacial score (nSPS) is 19.0. The standard InChI is InChI=1S/C16H25N3O2/c1-12-4-3-5-14(10-12)15(11-18-16(20)13(2)17)19-6-8-21-9-7-19/h3-5,10,13,15H,6-9,11,17H2,1-2H3,(H,18,20)/t13-,15?/m1/s1. The van der Waals surface area contributed by atoms with Gasteiger partial charge >= 0.3 is 0 Å². The lowest BCUT2D eigenvalue weighted by atomic mass is 10.0. The van der Waals surface area contributed by atoms with E-state index in [1.807, 2.05) is 0 Å². The average molecular weight is 291 g/mol. The van der Waals surface area contributed by atoms with Crippen molar-refractivity contribution >= 4 is 5.91 Å². The van der Waals surface area contributed by atoms with Gasteiger partial charge in [-0.05, 0) is 19.4 Å². The summed E-state index contributed by atoms with van der Waals surface area (Å²) in [5.41, 5.74) is 8.07. The van der Waals surface area contributed by atoms with E-state index in [1.165, 1.54) is 11.1 Å². The van der Waals surface area contributed by atoms with E-state index in [1.54, 1.807) is 6.92 Å². The van der Waals surface area contributed by atoms with Crippen molar-refractivity contribution in [1.82, 2.24) is 10.2 Å². The third-order valence-corrected chi connectivity index (χ3v) is 3.80. The molecule has 2 atom stereocenters. The van der Waals surface area contributed by atoms with Crippen LogP contribution < -0.4 is 11.1 Å². The Morgan fingerprint density at radius 3 is 2.76 bits per heavy atom. The number of benzene rings is 1. The van der Waals surface area contributed by atoms with E-state index in [0.717, 1.165) is 26.3 Å². The van der Waals surface area contributed by atoms with Crippen molar-refractivity contribution in [3.63, 3.8) is 0 Å². The van der Waals surface area contributed by atoms with Gasteiger partial charge in [0.1, 0.15) is 0 Å². The lowest BCUT2D eigenvalue weighted by Crippen LogP contribution is -2.46. The van der Waals surface area contributed by atoms with Crippen LogP contribution in [0.5, 0.6) is 0 Å². The van der Waals surface area contributed by atoms with Crippen LogP contribution in [-0.4, -0.2) is 49.7 Å². The van der Waals surface area contributed by atoms with Crippen LogP contribution in [0, 0.1) is 6.92 Å². The van der Waals surface area contributed by atoms with Crippen molar-refractivity contribution in [2.75, 3.05) is 32.8 Å². The summed E-state index contributed by atoms with van der Waals surface area (Å²) in [4.78, 5) is 14.1. The minimum absolute atomic E-state index is 0.110. The molecule has 5 heteroatoms. The third kappa shape index (κ3) is 4.52. The molecule has 1 saturated heterocycles. The van der Waals surface area contributed by atoms with Crippen LogP contribution in [0.1, 0.15) is 24.1 Å². The summed E-state index contributed by atoms with van der Waals surface area (Å²) < 4.78 is 5.42. The molecule has 1 aliphatic rings. The molecule has 0 radical (unpaired) electrons. The molecule has 1 unspecified atom stereocenters. The second-order valence-electron chi connectivity index (χ2n) is 5.61. The van der Waals surface area contributed by atoms with Gasteiger partial charge in [0.25, 0.3) is 0 Å². The first-order valence-electron chi connectivity index (χ1n) is 7.49. The Kier molecular flexibility index (Phi) is 5.73. The summed E-state index contributed by atoms with van der Waals surface area (Å²) in [6, 6.07) is 8.12. The summed E-state index contributed by atoms with van der Waals surface area (Å²) >= 11 is 0. The van der Waals surface area contributed by atoms with E-state index in [9.17, 15) is 4.79 Å². The predicted molar refractivity (Wildman–Crippen MR) is 83.0 cm³/mol. The first kappa shape index (κ1) is 15.9. The summed E-state index contributed by atoms with van der Waals surface area (Å²) in [7, 11) is 0. The zero-order valence-corrected chi connectivity index (χ0v) is 12.8. The van der Waals surface area contributed by atoms with Crippen molar-refractivity contribution in [3.05, 3.63) is 35.4 Å². The highest BCUT2D eigenvalue weighted by Gasteiger charge is 2.23. The van der Waals surface area contributed by atoms with Crippen molar-refractivity contribution in [2.45, 2.75) is 25.9 Å². The monoisotopic (exact) mass is 291 g/mol. The molecule has 1 aromatic carbocycles. The molecule has 0 aliphatic carbocycles. The van der Waals surface area contributed by atoms with Gasteiger partial charge in [0.2, 0.25) is 5.91 Å². The van der Waals surface area contributed by atoms with Gasteiger partial charge in [-0.15, -0.1) is 0 Å². The van der Waals surface area contributed by atoms with Gasteiger partial charge < -0.3 is 15.8 Å². The molecule has 1 aliphatic heterocycles. The lowest BCUT2D eigenvalue weighted by molar-refractivity contribution is -0.122. The highest BCUT2D eigenvalue weighted by atomic mass is 16.5. The fourth-order valence-electron chi connectivity index (χ4n) is 2.58. The lowest BCUT2D eigenvalue weighted by Gasteiger charge is -2.35. The highest BCUT2D eigenvalue weighted by Crippen LogP contribution is 2.22. The zero-order chi connectivity index (χ0) is 15.2. The molecule has 116 valence electrons. The van der Waals surface area contributed by atoms with Gasteiger partial charge in [-0.2, -0.15) is 0 Å². The Bertz CT molecular complexity index is 470. The third-order valence-electron chi connectivity index (χ3n) is 3.80. The summed E-state index contributed by atoms with van der Waals surface area (Å²) in [6.45, 7) is 7.60. The van der Waals surface area contributed by atoms with Crippen LogP contribution in [0.4, 0.5) is 0 Å². The number of nitrogens with zero attached hydrogens (tertiary/aromatic N) is 1. The Morgan fingerprint density at radius 2 is 2.14 bits per heavy atom. The van der Waals surface area contributed by atoms with Gasteiger partial charge in [-0.3, -0.25) is 9.69 Å². The number of amides is 1. The number of carbonyl (C=O) groups excluding carboxylic acids is 1. The highest BCUT2D eigenvalue weighted by molar-refractivity contribution is 5.80. The molecule has 1 heterocycles. The van der Waals surface area contributed by atoms with Crippen molar-refractivity contribution in [2.24, 2.45) is 5.73 Å². The van der Waals surface area contributed by atoms with E-state index in [0.29, 0.717) is 6.54 Å². The van der Waals surface area contributed by atoms with Gasteiger partial charge in [-0.1, -0.05) is 29.8 Å². The van der Waals surface area contributed by atoms with E-state index in [2.05, 4.69) is 41.4 Å². The fourth-order valence-corrected chi connectivity index (χ4v) is 2.58. The molecule has 5 nitrogen and oxygen atoms in total. The zero-order valence-electron chi connectivity index (χ0n) is 12.8. The van der Waals surface area contributed by atoms with Crippen LogP contribution in [0.15, 0.2) is 24.3 Å². The Hall–Kier alpha value is -1.43. The minimum atomic E-state index is -0.479. The summed E-state index contributed by atoms with van der Waals surface area (Å²) in [5, 5.41) is 2.95. The maximum Gasteiger partial charge on any atom is 0.236 e. The van der Waals surface area contributed by atoms with Crippen molar-refractivity contribution < 1.29 is 9.53 Å². The SMILES string of the molecule is Cc1cccc(C(CNC(=O)[C@@H](C)N)N2CCOCC2)c1. The van der Waals surface area contributed by atoms with Crippen molar-refractivity contribution in [1.29, 1.82) is 0 Å². The fraction of sp³-hybridized carbons (Fsp3) is 0.562. The van der Waals surface area contributed by atoms with Crippen molar-refractivity contribution in [3.8, 4) is 0 Å². The summed E-state index contributed by atoms with van der Waals surface area (Å²) in [6.07, 6.45) is 0. The molecule has 1 amide bonds. The molecular weight excluding hydrogens is 266 g/mol. The molecule has 21 heavy (non-hydrogen) atoms. The van der Waals surface area contributed by atoms with E-state index >= 15 is 0 Å². The minimum Gasteiger partial charge on any atom is -0.379 e. The number of hydrogen-bond donors (Lipinski definition) is 2. The van der Waals surface area contributed by atoms with Crippen LogP contribution >= 0.6 is 0 Å². The van der Waals surface area contributed by atoms with E-state index in [4.69, 9.17) is 10.5 Å². The molecule has 2 rings (SSSR count). The van der Waals surface area contributed by atoms with Crippen LogP contribution in [0.25, 0.3) is 0 Å². The number of rotatable bonds is 5. The Morgan fingerprint density at radius 1 is 1.43 bits per heavy atom. The first-order chi connectivity index (χ1) is 10.1. The van der Waals surface area contributed by atoms with Crippen LogP contribution in [0.3, 0.4) is 0 Å². The molecule has 1 fully saturated rings. The second kappa shape index (κ2) is 7.54. The van der Waals surface area contributed by atoms with E-state index < -0.39 is 6.04 Å². The molecule has 0 spiro atoms. The maximum atomic E-state index is 11.7. The summed E-state index contributed by atoms with van der Waals surface area (Å²) in [5.74, 6) is -0.110. The molecule has 0 bridgehead atoms. The van der Waals surface area contributed by atoms with Crippen LogP contribution in [-0.2, 0) is 9.53 Å². The number of nitrogens with two attached hydrogens (primary N) is 1. The second-order valence-corrected chi connectivity index (χ2v) is 5.61. The van der Waals surface area contributed by atoms with Gasteiger partial charge in [0, 0.05) is 19.6 Å². The quantitative estimate of drug-likeness (QED) is 0.843. The maximum absolute atomic E-state index is 11.7. The predicted octanol–water partition coefficient (Wildman–Crippen LogP) is 0.832. The number of hydrogen-bond acceptors (Lipinski definition) is 4. The topological polar surface area (TPSA) is 67.6 Å². The number of morpholine rings is 1. The Labute approximate surface area is 126 Å². The largest absolute Gasteiger partial charge is 0.379 e. The molecule has 0 aromatic heterocycles. The van der Waals surface area contributed by atoms with Gasteiger partial charge in [0.15, 0.2) is 0 Å². The number of aryl methyl sites for hydroxylation is 1. The number of nitrogens with one attached hydrogen (secondary N) is 1. The van der Waals surface area contributed by atoms with Crippen LogP contribution in [0.2, 0.25) is 0 Å². The van der Waals surface area contributed by atoms with E-state index in [-0.39, 0.29) is 11.9 Å². The average Bonchev–Trinajstić information content (AvgIpc) is 2.48. The Balaban J connectivity index is 2.11. The van der Waals surface area contributed by atoms with Gasteiger partial charge in [-0.25, -0.2) is 0 Å². The molecule has 3 N–H and O–H groups in total. The van der Waals surface area contributed by atoms with Gasteiger partial charge in [0.05, 0.1) is 25.3 Å².